The van der Waals surface area contributed by atoms with Gasteiger partial charge in [-0.25, -0.2) is 0 Å². The Morgan fingerprint density at radius 1 is 1.10 bits per heavy atom. The van der Waals surface area contributed by atoms with Gasteiger partial charge in [0.05, 0.1) is 0 Å². The van der Waals surface area contributed by atoms with E-state index in [2.05, 4.69) is 54.6 Å². The van der Waals surface area contributed by atoms with Gasteiger partial charge in [0.2, 0.25) is 5.91 Å². The van der Waals surface area contributed by atoms with Gasteiger partial charge in [0, 0.05) is 33.8 Å². The highest BCUT2D eigenvalue weighted by Gasteiger charge is 2.03. The molecule has 0 radical (unpaired) electrons. The number of amides is 1. The van der Waals surface area contributed by atoms with Crippen molar-refractivity contribution in [3.8, 4) is 0 Å². The van der Waals surface area contributed by atoms with Crippen molar-refractivity contribution in [1.29, 1.82) is 0 Å². The second kappa shape index (κ2) is 7.09. The SMILES string of the molecule is CC(=O)Nc1ccc(C)c(NCc2ccc(Br)c(Br)c2)c1. The molecule has 0 fully saturated rings. The van der Waals surface area contributed by atoms with Crippen molar-refractivity contribution in [2.45, 2.75) is 20.4 Å². The highest BCUT2D eigenvalue weighted by molar-refractivity contribution is 9.13. The molecule has 0 saturated heterocycles. The van der Waals surface area contributed by atoms with E-state index in [1.165, 1.54) is 12.5 Å². The maximum atomic E-state index is 11.1. The number of anilines is 2. The first kappa shape index (κ1) is 16.0. The van der Waals surface area contributed by atoms with Crippen molar-refractivity contribution in [3.05, 3.63) is 56.5 Å². The molecule has 2 aromatic rings. The van der Waals surface area contributed by atoms with Gasteiger partial charge in [-0.3, -0.25) is 4.79 Å². The van der Waals surface area contributed by atoms with Gasteiger partial charge >= 0.3 is 0 Å². The first-order chi connectivity index (χ1) is 9.95. The van der Waals surface area contributed by atoms with Crippen LogP contribution in [0.5, 0.6) is 0 Å². The zero-order valence-electron chi connectivity index (χ0n) is 11.8. The van der Waals surface area contributed by atoms with E-state index < -0.39 is 0 Å². The Labute approximate surface area is 141 Å². The van der Waals surface area contributed by atoms with Crippen LogP contribution in [0, 0.1) is 6.92 Å². The summed E-state index contributed by atoms with van der Waals surface area (Å²) in [7, 11) is 0. The maximum Gasteiger partial charge on any atom is 0.221 e. The van der Waals surface area contributed by atoms with E-state index in [4.69, 9.17) is 0 Å². The average molecular weight is 412 g/mol. The number of carbonyl (C=O) groups excluding carboxylic acids is 1. The quantitative estimate of drug-likeness (QED) is 0.735. The predicted molar refractivity (Wildman–Crippen MR) is 94.7 cm³/mol. The molecule has 2 aromatic carbocycles. The van der Waals surface area contributed by atoms with Crippen LogP contribution < -0.4 is 10.6 Å². The van der Waals surface area contributed by atoms with Crippen molar-refractivity contribution < 1.29 is 4.79 Å². The van der Waals surface area contributed by atoms with Gasteiger partial charge in [0.15, 0.2) is 0 Å². The Bertz CT molecular complexity index is 671. The first-order valence-electron chi connectivity index (χ1n) is 6.52. The molecule has 0 aliphatic carbocycles. The van der Waals surface area contributed by atoms with Crippen LogP contribution in [0.2, 0.25) is 0 Å². The molecule has 0 aliphatic heterocycles. The third-order valence-electron chi connectivity index (χ3n) is 3.02. The van der Waals surface area contributed by atoms with Crippen LogP contribution in [-0.2, 0) is 11.3 Å². The topological polar surface area (TPSA) is 41.1 Å². The number of carbonyl (C=O) groups is 1. The second-order valence-electron chi connectivity index (χ2n) is 4.81. The molecule has 0 bridgehead atoms. The monoisotopic (exact) mass is 410 g/mol. The van der Waals surface area contributed by atoms with E-state index >= 15 is 0 Å². The normalized spacial score (nSPS) is 10.3. The number of hydrogen-bond donors (Lipinski definition) is 2. The summed E-state index contributed by atoms with van der Waals surface area (Å²) in [4.78, 5) is 11.1. The Morgan fingerprint density at radius 2 is 1.86 bits per heavy atom. The van der Waals surface area contributed by atoms with Crippen LogP contribution >= 0.6 is 31.9 Å². The van der Waals surface area contributed by atoms with Crippen molar-refractivity contribution in [2.75, 3.05) is 10.6 Å². The molecule has 110 valence electrons. The lowest BCUT2D eigenvalue weighted by Gasteiger charge is -2.12. The molecule has 0 saturated carbocycles. The Balaban J connectivity index is 2.11. The summed E-state index contributed by atoms with van der Waals surface area (Å²) in [6, 6.07) is 12.0. The second-order valence-corrected chi connectivity index (χ2v) is 6.52. The summed E-state index contributed by atoms with van der Waals surface area (Å²) in [5.74, 6) is -0.0679. The maximum absolute atomic E-state index is 11.1. The molecule has 0 atom stereocenters. The largest absolute Gasteiger partial charge is 0.381 e. The van der Waals surface area contributed by atoms with Crippen LogP contribution in [-0.4, -0.2) is 5.91 Å². The Morgan fingerprint density at radius 3 is 2.52 bits per heavy atom. The molecule has 0 heterocycles. The van der Waals surface area contributed by atoms with Crippen molar-refractivity contribution in [3.63, 3.8) is 0 Å². The van der Waals surface area contributed by atoms with Crippen LogP contribution in [0.15, 0.2) is 45.3 Å². The lowest BCUT2D eigenvalue weighted by Crippen LogP contribution is -2.07. The molecule has 2 N–H and O–H groups in total. The third kappa shape index (κ3) is 4.58. The molecular weight excluding hydrogens is 396 g/mol. The van der Waals surface area contributed by atoms with E-state index in [-0.39, 0.29) is 5.91 Å². The van der Waals surface area contributed by atoms with Crippen molar-refractivity contribution in [2.24, 2.45) is 0 Å². The molecule has 0 aliphatic rings. The first-order valence-corrected chi connectivity index (χ1v) is 8.10. The van der Waals surface area contributed by atoms with Gasteiger partial charge < -0.3 is 10.6 Å². The van der Waals surface area contributed by atoms with Crippen LogP contribution in [0.4, 0.5) is 11.4 Å². The average Bonchev–Trinajstić information content (AvgIpc) is 2.42. The summed E-state index contributed by atoms with van der Waals surface area (Å²) in [6.45, 7) is 4.26. The lowest BCUT2D eigenvalue weighted by atomic mass is 10.1. The Hall–Kier alpha value is -1.33. The summed E-state index contributed by atoms with van der Waals surface area (Å²) in [5.41, 5.74) is 4.13. The fourth-order valence-corrected chi connectivity index (χ4v) is 2.61. The predicted octanol–water partition coefficient (Wildman–Crippen LogP) is 5.09. The third-order valence-corrected chi connectivity index (χ3v) is 4.90. The van der Waals surface area contributed by atoms with Gasteiger partial charge in [0.1, 0.15) is 0 Å². The molecule has 1 amide bonds. The van der Waals surface area contributed by atoms with Crippen LogP contribution in [0.1, 0.15) is 18.1 Å². The van der Waals surface area contributed by atoms with Gasteiger partial charge in [-0.1, -0.05) is 12.1 Å². The molecule has 3 nitrogen and oxygen atoms in total. The summed E-state index contributed by atoms with van der Waals surface area (Å²) in [6.07, 6.45) is 0. The van der Waals surface area contributed by atoms with Gasteiger partial charge in [-0.2, -0.15) is 0 Å². The number of halogens is 2. The van der Waals surface area contributed by atoms with Crippen molar-refractivity contribution in [1.82, 2.24) is 0 Å². The highest BCUT2D eigenvalue weighted by Crippen LogP contribution is 2.25. The minimum absolute atomic E-state index is 0.0679. The fraction of sp³-hybridized carbons (Fsp3) is 0.188. The minimum atomic E-state index is -0.0679. The van der Waals surface area contributed by atoms with Gasteiger partial charge in [0.25, 0.3) is 0 Å². The van der Waals surface area contributed by atoms with Crippen molar-refractivity contribution >= 4 is 49.1 Å². The lowest BCUT2D eigenvalue weighted by molar-refractivity contribution is -0.114. The number of rotatable bonds is 4. The zero-order valence-corrected chi connectivity index (χ0v) is 15.0. The fourth-order valence-electron chi connectivity index (χ4n) is 1.94. The molecule has 0 spiro atoms. The molecular formula is C16H16Br2N2O. The summed E-state index contributed by atoms with van der Waals surface area (Å²) in [5, 5.41) is 6.20. The zero-order chi connectivity index (χ0) is 15.4. The van der Waals surface area contributed by atoms with E-state index in [0.717, 1.165) is 32.4 Å². The van der Waals surface area contributed by atoms with Gasteiger partial charge in [-0.05, 0) is 74.2 Å². The van der Waals surface area contributed by atoms with Gasteiger partial charge in [-0.15, -0.1) is 0 Å². The number of hydrogen-bond acceptors (Lipinski definition) is 2. The smallest absolute Gasteiger partial charge is 0.221 e. The van der Waals surface area contributed by atoms with Crippen LogP contribution in [0.25, 0.3) is 0 Å². The van der Waals surface area contributed by atoms with E-state index in [1.807, 2.05) is 31.2 Å². The van der Waals surface area contributed by atoms with E-state index in [9.17, 15) is 4.79 Å². The summed E-state index contributed by atoms with van der Waals surface area (Å²) < 4.78 is 2.07. The molecule has 21 heavy (non-hydrogen) atoms. The minimum Gasteiger partial charge on any atom is -0.381 e. The number of nitrogens with one attached hydrogen (secondary N) is 2. The molecule has 5 heteroatoms. The number of aryl methyl sites for hydroxylation is 1. The molecule has 0 aromatic heterocycles. The Kier molecular flexibility index (Phi) is 5.42. The number of benzene rings is 2. The standard InChI is InChI=1S/C16H16Br2N2O/c1-10-3-5-13(20-11(2)21)8-16(10)19-9-12-4-6-14(17)15(18)7-12/h3-8,19H,9H2,1-2H3,(H,20,21). The van der Waals surface area contributed by atoms with Crippen LogP contribution in [0.3, 0.4) is 0 Å². The van der Waals surface area contributed by atoms with E-state index in [0.29, 0.717) is 0 Å². The molecule has 0 unspecified atom stereocenters. The highest BCUT2D eigenvalue weighted by atomic mass is 79.9. The van der Waals surface area contributed by atoms with E-state index in [1.54, 1.807) is 0 Å². The summed E-state index contributed by atoms with van der Waals surface area (Å²) >= 11 is 6.97. The molecule has 2 rings (SSSR count).